The zero-order valence-electron chi connectivity index (χ0n) is 12.9. The molecule has 0 aliphatic heterocycles. The molecule has 0 aromatic heterocycles. The monoisotopic (exact) mass is 306 g/mol. The average molecular weight is 306 g/mol. The summed E-state index contributed by atoms with van der Waals surface area (Å²) >= 11 is 0. The molecule has 0 aliphatic rings. The highest BCUT2D eigenvalue weighted by atomic mass is 16.5. The third-order valence-corrected chi connectivity index (χ3v) is 3.27. The van der Waals surface area contributed by atoms with Crippen LogP contribution >= 0.6 is 0 Å². The molecule has 0 saturated carbocycles. The maximum Gasteiger partial charge on any atom is 0.244 e. The van der Waals surface area contributed by atoms with Gasteiger partial charge < -0.3 is 10.1 Å². The van der Waals surface area contributed by atoms with E-state index in [0.29, 0.717) is 5.75 Å². The van der Waals surface area contributed by atoms with E-state index in [1.54, 1.807) is 18.2 Å². The molecule has 2 aromatic carbocycles. The van der Waals surface area contributed by atoms with E-state index in [1.807, 2.05) is 55.5 Å². The molecule has 0 saturated heterocycles. The lowest BCUT2D eigenvalue weighted by Gasteiger charge is -2.12. The summed E-state index contributed by atoms with van der Waals surface area (Å²) in [5.41, 5.74) is 1.95. The average Bonchev–Trinajstić information content (AvgIpc) is 2.59. The molecule has 4 heteroatoms. The van der Waals surface area contributed by atoms with E-state index in [0.717, 1.165) is 11.1 Å². The Balaban J connectivity index is 1.89. The number of hydrogen-bond acceptors (Lipinski definition) is 3. The minimum Gasteiger partial charge on any atom is -0.479 e. The Hall–Kier alpha value is -3.06. The van der Waals surface area contributed by atoms with E-state index in [2.05, 4.69) is 5.32 Å². The summed E-state index contributed by atoms with van der Waals surface area (Å²) in [4.78, 5) is 11.9. The van der Waals surface area contributed by atoms with Crippen molar-refractivity contribution in [3.05, 3.63) is 71.8 Å². The van der Waals surface area contributed by atoms with E-state index in [-0.39, 0.29) is 18.6 Å². The summed E-state index contributed by atoms with van der Waals surface area (Å²) in [6, 6.07) is 18.9. The molecular weight excluding hydrogens is 288 g/mol. The zero-order chi connectivity index (χ0) is 16.5. The first kappa shape index (κ1) is 16.3. The molecule has 1 N–H and O–H groups in total. The summed E-state index contributed by atoms with van der Waals surface area (Å²) in [5, 5.41) is 11.4. The van der Waals surface area contributed by atoms with E-state index >= 15 is 0 Å². The predicted octanol–water partition coefficient (Wildman–Crippen LogP) is 3.48. The van der Waals surface area contributed by atoms with Gasteiger partial charge in [0.2, 0.25) is 5.91 Å². The topological polar surface area (TPSA) is 62.1 Å². The summed E-state index contributed by atoms with van der Waals surface area (Å²) < 4.78 is 5.17. The molecule has 0 radical (unpaired) electrons. The quantitative estimate of drug-likeness (QED) is 0.831. The second kappa shape index (κ2) is 8.40. The molecule has 1 amide bonds. The lowest BCUT2D eigenvalue weighted by Crippen LogP contribution is -2.24. The van der Waals surface area contributed by atoms with E-state index in [4.69, 9.17) is 10.00 Å². The van der Waals surface area contributed by atoms with Crippen molar-refractivity contribution in [1.82, 2.24) is 5.32 Å². The van der Waals surface area contributed by atoms with Gasteiger partial charge in [-0.1, -0.05) is 42.5 Å². The van der Waals surface area contributed by atoms with Gasteiger partial charge in [0.25, 0.3) is 0 Å². The Labute approximate surface area is 136 Å². The molecular formula is C19H18N2O2. The van der Waals surface area contributed by atoms with Gasteiger partial charge in [0, 0.05) is 6.08 Å². The Bertz CT molecular complexity index is 700. The Kier molecular flexibility index (Phi) is 5.96. The van der Waals surface area contributed by atoms with Crippen molar-refractivity contribution in [2.45, 2.75) is 13.0 Å². The number of ether oxygens (including phenoxy) is 1. The van der Waals surface area contributed by atoms with E-state index in [9.17, 15) is 4.79 Å². The fourth-order valence-electron chi connectivity index (χ4n) is 2.05. The lowest BCUT2D eigenvalue weighted by molar-refractivity contribution is -0.117. The van der Waals surface area contributed by atoms with Gasteiger partial charge in [-0.15, -0.1) is 0 Å². The number of rotatable bonds is 6. The standard InChI is InChI=1S/C19H18N2O2/c1-15(17-5-3-2-4-6-17)21-19(22)12-9-16-7-10-18(11-8-16)23-14-13-20/h2-12,15H,14H2,1H3,(H,21,22)/b12-9+. The molecule has 0 spiro atoms. The van der Waals surface area contributed by atoms with Crippen LogP contribution in [-0.2, 0) is 4.79 Å². The van der Waals surface area contributed by atoms with Crippen molar-refractivity contribution >= 4 is 12.0 Å². The molecule has 0 bridgehead atoms. The number of hydrogen-bond donors (Lipinski definition) is 1. The molecule has 1 unspecified atom stereocenters. The Morgan fingerprint density at radius 2 is 1.91 bits per heavy atom. The lowest BCUT2D eigenvalue weighted by atomic mass is 10.1. The minimum absolute atomic E-state index is 0.0228. The highest BCUT2D eigenvalue weighted by Gasteiger charge is 2.06. The van der Waals surface area contributed by atoms with Crippen molar-refractivity contribution in [3.8, 4) is 11.8 Å². The molecule has 116 valence electrons. The Morgan fingerprint density at radius 1 is 1.22 bits per heavy atom. The van der Waals surface area contributed by atoms with Crippen LogP contribution in [-0.4, -0.2) is 12.5 Å². The molecule has 0 heterocycles. The third-order valence-electron chi connectivity index (χ3n) is 3.27. The highest BCUT2D eigenvalue weighted by Crippen LogP contribution is 2.14. The van der Waals surface area contributed by atoms with Crippen LogP contribution in [0.2, 0.25) is 0 Å². The van der Waals surface area contributed by atoms with Gasteiger partial charge in [0.1, 0.15) is 11.8 Å². The number of carbonyl (C=O) groups excluding carboxylic acids is 1. The van der Waals surface area contributed by atoms with Gasteiger partial charge in [-0.25, -0.2) is 0 Å². The van der Waals surface area contributed by atoms with Crippen LogP contribution in [0.3, 0.4) is 0 Å². The molecule has 0 aliphatic carbocycles. The normalized spacial score (nSPS) is 11.7. The minimum atomic E-state index is -0.147. The van der Waals surface area contributed by atoms with Crippen LogP contribution in [0.1, 0.15) is 24.1 Å². The number of amides is 1. The van der Waals surface area contributed by atoms with Crippen LogP contribution < -0.4 is 10.1 Å². The van der Waals surface area contributed by atoms with Crippen molar-refractivity contribution in [2.24, 2.45) is 0 Å². The van der Waals surface area contributed by atoms with Gasteiger partial charge in [0.15, 0.2) is 6.61 Å². The first-order valence-corrected chi connectivity index (χ1v) is 7.32. The predicted molar refractivity (Wildman–Crippen MR) is 89.6 cm³/mol. The van der Waals surface area contributed by atoms with Crippen molar-refractivity contribution < 1.29 is 9.53 Å². The smallest absolute Gasteiger partial charge is 0.244 e. The fourth-order valence-corrected chi connectivity index (χ4v) is 2.05. The summed E-state index contributed by atoms with van der Waals surface area (Å²) in [6.07, 6.45) is 3.24. The van der Waals surface area contributed by atoms with Gasteiger partial charge in [-0.05, 0) is 36.3 Å². The van der Waals surface area contributed by atoms with Crippen LogP contribution in [0.15, 0.2) is 60.7 Å². The number of nitriles is 1. The fraction of sp³-hybridized carbons (Fsp3) is 0.158. The summed E-state index contributed by atoms with van der Waals surface area (Å²) in [5.74, 6) is 0.483. The molecule has 2 rings (SSSR count). The summed E-state index contributed by atoms with van der Waals surface area (Å²) in [6.45, 7) is 1.97. The highest BCUT2D eigenvalue weighted by molar-refractivity contribution is 5.91. The largest absolute Gasteiger partial charge is 0.479 e. The third kappa shape index (κ3) is 5.33. The summed E-state index contributed by atoms with van der Waals surface area (Å²) in [7, 11) is 0. The van der Waals surface area contributed by atoms with Crippen molar-refractivity contribution in [3.63, 3.8) is 0 Å². The van der Waals surface area contributed by atoms with Crippen LogP contribution in [0.4, 0.5) is 0 Å². The second-order valence-electron chi connectivity index (χ2n) is 4.99. The van der Waals surface area contributed by atoms with Crippen molar-refractivity contribution in [1.29, 1.82) is 5.26 Å². The van der Waals surface area contributed by atoms with Gasteiger partial charge >= 0.3 is 0 Å². The molecule has 1 atom stereocenters. The Morgan fingerprint density at radius 3 is 2.57 bits per heavy atom. The van der Waals surface area contributed by atoms with E-state index in [1.165, 1.54) is 6.08 Å². The number of nitrogens with zero attached hydrogens (tertiary/aromatic N) is 1. The zero-order valence-corrected chi connectivity index (χ0v) is 12.9. The van der Waals surface area contributed by atoms with Gasteiger partial charge in [-0.3, -0.25) is 4.79 Å². The molecule has 4 nitrogen and oxygen atoms in total. The van der Waals surface area contributed by atoms with Crippen LogP contribution in [0.5, 0.6) is 5.75 Å². The number of nitrogens with one attached hydrogen (secondary N) is 1. The molecule has 23 heavy (non-hydrogen) atoms. The second-order valence-corrected chi connectivity index (χ2v) is 4.99. The number of carbonyl (C=O) groups is 1. The van der Waals surface area contributed by atoms with Crippen molar-refractivity contribution in [2.75, 3.05) is 6.61 Å². The van der Waals surface area contributed by atoms with Gasteiger partial charge in [0.05, 0.1) is 6.04 Å². The maximum absolute atomic E-state index is 11.9. The maximum atomic E-state index is 11.9. The SMILES string of the molecule is CC(NC(=O)/C=C/c1ccc(OCC#N)cc1)c1ccccc1. The van der Waals surface area contributed by atoms with Gasteiger partial charge in [-0.2, -0.15) is 5.26 Å². The van der Waals surface area contributed by atoms with Crippen LogP contribution in [0.25, 0.3) is 6.08 Å². The molecule has 2 aromatic rings. The number of benzene rings is 2. The molecule has 0 fully saturated rings. The van der Waals surface area contributed by atoms with Crippen LogP contribution in [0, 0.1) is 11.3 Å². The van der Waals surface area contributed by atoms with E-state index < -0.39 is 0 Å². The first-order chi connectivity index (χ1) is 11.2. The first-order valence-electron chi connectivity index (χ1n) is 7.32.